The first-order valence-corrected chi connectivity index (χ1v) is 6.23. The van der Waals surface area contributed by atoms with Gasteiger partial charge < -0.3 is 20.3 Å². The number of phenols is 1. The van der Waals surface area contributed by atoms with Gasteiger partial charge in [-0.15, -0.1) is 0 Å². The minimum atomic E-state index is -0.0320. The number of rotatable bonds is 6. The molecule has 4 nitrogen and oxygen atoms in total. The maximum atomic E-state index is 9.93. The van der Waals surface area contributed by atoms with E-state index in [1.54, 1.807) is 13.2 Å². The molecular weight excluding hydrogens is 230 g/mol. The third kappa shape index (κ3) is 3.62. The summed E-state index contributed by atoms with van der Waals surface area (Å²) in [5.74, 6) is 1.17. The van der Waals surface area contributed by atoms with Gasteiger partial charge in [-0.3, -0.25) is 0 Å². The molecule has 18 heavy (non-hydrogen) atoms. The summed E-state index contributed by atoms with van der Waals surface area (Å²) in [4.78, 5) is 0. The number of aliphatic hydroxyl groups is 1. The minimum absolute atomic E-state index is 0.0153. The van der Waals surface area contributed by atoms with Crippen LogP contribution in [0.1, 0.15) is 32.4 Å². The van der Waals surface area contributed by atoms with Crippen LogP contribution in [0.2, 0.25) is 0 Å². The number of phenolic OH excluding ortho intramolecular Hbond substituents is 1. The topological polar surface area (TPSA) is 61.7 Å². The number of hydrogen-bond acceptors (Lipinski definition) is 4. The SMILES string of the molecule is COc1ccc(C(C)NC(CO)C(C)C)c(O)c1. The molecule has 102 valence electrons. The average Bonchev–Trinajstić information content (AvgIpc) is 2.34. The lowest BCUT2D eigenvalue weighted by Crippen LogP contribution is -2.38. The highest BCUT2D eigenvalue weighted by atomic mass is 16.5. The molecule has 0 aliphatic rings. The van der Waals surface area contributed by atoms with Crippen LogP contribution in [0.3, 0.4) is 0 Å². The molecule has 0 aliphatic heterocycles. The quantitative estimate of drug-likeness (QED) is 0.726. The Hall–Kier alpha value is -1.26. The maximum Gasteiger partial charge on any atom is 0.124 e. The lowest BCUT2D eigenvalue weighted by Gasteiger charge is -2.25. The summed E-state index contributed by atoms with van der Waals surface area (Å²) in [5.41, 5.74) is 0.801. The summed E-state index contributed by atoms with van der Waals surface area (Å²) in [5, 5.41) is 22.5. The van der Waals surface area contributed by atoms with E-state index in [-0.39, 0.29) is 24.4 Å². The summed E-state index contributed by atoms with van der Waals surface area (Å²) < 4.78 is 5.05. The molecule has 4 heteroatoms. The van der Waals surface area contributed by atoms with E-state index < -0.39 is 0 Å². The van der Waals surface area contributed by atoms with Crippen molar-refractivity contribution >= 4 is 0 Å². The molecule has 0 bridgehead atoms. The van der Waals surface area contributed by atoms with Crippen LogP contribution in [0.25, 0.3) is 0 Å². The first-order valence-electron chi connectivity index (χ1n) is 6.23. The van der Waals surface area contributed by atoms with Gasteiger partial charge in [-0.25, -0.2) is 0 Å². The molecule has 0 radical (unpaired) electrons. The largest absolute Gasteiger partial charge is 0.507 e. The molecule has 0 spiro atoms. The highest BCUT2D eigenvalue weighted by molar-refractivity contribution is 5.41. The Morgan fingerprint density at radius 1 is 1.28 bits per heavy atom. The van der Waals surface area contributed by atoms with Gasteiger partial charge in [0, 0.05) is 23.7 Å². The van der Waals surface area contributed by atoms with E-state index in [1.165, 1.54) is 0 Å². The van der Waals surface area contributed by atoms with Crippen LogP contribution in [0.15, 0.2) is 18.2 Å². The minimum Gasteiger partial charge on any atom is -0.507 e. The van der Waals surface area contributed by atoms with Gasteiger partial charge in [0.1, 0.15) is 11.5 Å². The van der Waals surface area contributed by atoms with Crippen molar-refractivity contribution in [3.05, 3.63) is 23.8 Å². The van der Waals surface area contributed by atoms with Gasteiger partial charge in [0.05, 0.1) is 13.7 Å². The van der Waals surface area contributed by atoms with E-state index in [4.69, 9.17) is 4.74 Å². The predicted octanol–water partition coefficient (Wildman–Crippen LogP) is 2.07. The molecule has 0 saturated carbocycles. The zero-order valence-corrected chi connectivity index (χ0v) is 11.5. The molecule has 0 saturated heterocycles. The first kappa shape index (κ1) is 14.8. The molecule has 0 fully saturated rings. The summed E-state index contributed by atoms with van der Waals surface area (Å²) in [6.45, 7) is 6.15. The Labute approximate surface area is 109 Å². The van der Waals surface area contributed by atoms with E-state index in [1.807, 2.05) is 19.1 Å². The lowest BCUT2D eigenvalue weighted by atomic mass is 10.0. The molecule has 2 unspecified atom stereocenters. The van der Waals surface area contributed by atoms with E-state index in [0.717, 1.165) is 5.56 Å². The fourth-order valence-corrected chi connectivity index (χ4v) is 1.88. The number of hydrogen-bond donors (Lipinski definition) is 3. The van der Waals surface area contributed by atoms with Gasteiger partial charge in [0.2, 0.25) is 0 Å². The number of aliphatic hydroxyl groups excluding tert-OH is 1. The van der Waals surface area contributed by atoms with Crippen LogP contribution in [-0.2, 0) is 0 Å². The van der Waals surface area contributed by atoms with Crippen molar-refractivity contribution in [3.8, 4) is 11.5 Å². The number of aromatic hydroxyl groups is 1. The smallest absolute Gasteiger partial charge is 0.124 e. The molecule has 1 aromatic rings. The molecule has 0 heterocycles. The van der Waals surface area contributed by atoms with Crippen molar-refractivity contribution in [3.63, 3.8) is 0 Å². The molecule has 3 N–H and O–H groups in total. The van der Waals surface area contributed by atoms with Crippen molar-refractivity contribution in [2.75, 3.05) is 13.7 Å². The third-order valence-corrected chi connectivity index (χ3v) is 3.17. The summed E-state index contributed by atoms with van der Waals surface area (Å²) in [6.07, 6.45) is 0. The summed E-state index contributed by atoms with van der Waals surface area (Å²) >= 11 is 0. The van der Waals surface area contributed by atoms with Crippen LogP contribution in [0.5, 0.6) is 11.5 Å². The van der Waals surface area contributed by atoms with Gasteiger partial charge >= 0.3 is 0 Å². The zero-order valence-electron chi connectivity index (χ0n) is 11.5. The standard InChI is InChI=1S/C14H23NO3/c1-9(2)13(8-16)15-10(3)12-6-5-11(18-4)7-14(12)17/h5-7,9-10,13,15-17H,8H2,1-4H3. The third-order valence-electron chi connectivity index (χ3n) is 3.17. The molecule has 0 aromatic heterocycles. The van der Waals surface area contributed by atoms with Crippen molar-refractivity contribution in [1.29, 1.82) is 0 Å². The first-order chi connectivity index (χ1) is 8.49. The van der Waals surface area contributed by atoms with Gasteiger partial charge in [-0.05, 0) is 18.9 Å². The summed E-state index contributed by atoms with van der Waals surface area (Å²) in [7, 11) is 1.57. The maximum absolute atomic E-state index is 9.93. The molecular formula is C14H23NO3. The van der Waals surface area contributed by atoms with Crippen molar-refractivity contribution in [2.24, 2.45) is 5.92 Å². The number of ether oxygens (including phenoxy) is 1. The average molecular weight is 253 g/mol. The molecule has 0 amide bonds. The lowest BCUT2D eigenvalue weighted by molar-refractivity contribution is 0.201. The molecule has 2 atom stereocenters. The van der Waals surface area contributed by atoms with Crippen LogP contribution >= 0.6 is 0 Å². The van der Waals surface area contributed by atoms with Crippen molar-refractivity contribution in [1.82, 2.24) is 5.32 Å². The Bertz CT molecular complexity index is 379. The summed E-state index contributed by atoms with van der Waals surface area (Å²) in [6, 6.07) is 5.23. The Balaban J connectivity index is 2.80. The Morgan fingerprint density at radius 2 is 1.94 bits per heavy atom. The second-order valence-corrected chi connectivity index (χ2v) is 4.85. The Morgan fingerprint density at radius 3 is 2.39 bits per heavy atom. The highest BCUT2D eigenvalue weighted by Gasteiger charge is 2.18. The van der Waals surface area contributed by atoms with E-state index in [0.29, 0.717) is 11.7 Å². The molecule has 1 rings (SSSR count). The van der Waals surface area contributed by atoms with E-state index in [9.17, 15) is 10.2 Å². The van der Waals surface area contributed by atoms with Gasteiger partial charge in [0.25, 0.3) is 0 Å². The number of methoxy groups -OCH3 is 1. The highest BCUT2D eigenvalue weighted by Crippen LogP contribution is 2.28. The number of nitrogens with one attached hydrogen (secondary N) is 1. The second-order valence-electron chi connectivity index (χ2n) is 4.85. The van der Waals surface area contributed by atoms with Crippen LogP contribution in [0.4, 0.5) is 0 Å². The van der Waals surface area contributed by atoms with E-state index in [2.05, 4.69) is 19.2 Å². The zero-order chi connectivity index (χ0) is 13.7. The van der Waals surface area contributed by atoms with Crippen LogP contribution < -0.4 is 10.1 Å². The van der Waals surface area contributed by atoms with Crippen LogP contribution in [0, 0.1) is 5.92 Å². The van der Waals surface area contributed by atoms with Crippen molar-refractivity contribution in [2.45, 2.75) is 32.9 Å². The van der Waals surface area contributed by atoms with Crippen molar-refractivity contribution < 1.29 is 14.9 Å². The molecule has 0 aliphatic carbocycles. The van der Waals surface area contributed by atoms with Gasteiger partial charge in [0.15, 0.2) is 0 Å². The second kappa shape index (κ2) is 6.61. The predicted molar refractivity (Wildman–Crippen MR) is 71.9 cm³/mol. The van der Waals surface area contributed by atoms with E-state index >= 15 is 0 Å². The normalized spacial score (nSPS) is 14.6. The monoisotopic (exact) mass is 253 g/mol. The van der Waals surface area contributed by atoms with Crippen LogP contribution in [-0.4, -0.2) is 30.0 Å². The fourth-order valence-electron chi connectivity index (χ4n) is 1.88. The van der Waals surface area contributed by atoms with Gasteiger partial charge in [-0.2, -0.15) is 0 Å². The Kier molecular flexibility index (Phi) is 5.44. The fraction of sp³-hybridized carbons (Fsp3) is 0.571. The van der Waals surface area contributed by atoms with Gasteiger partial charge in [-0.1, -0.05) is 19.9 Å². The molecule has 1 aromatic carbocycles. The number of benzene rings is 1.